The van der Waals surface area contributed by atoms with Crippen LogP contribution in [0.25, 0.3) is 0 Å². The molecule has 0 aliphatic rings. The van der Waals surface area contributed by atoms with Gasteiger partial charge in [-0.15, -0.1) is 0 Å². The minimum Gasteiger partial charge on any atom is -0.360 e. The number of rotatable bonds is 4. The molecule has 0 bridgehead atoms. The normalized spacial score (nSPS) is 10.5. The molecular weight excluding hydrogens is 270 g/mol. The maximum atomic E-state index is 10.9. The lowest BCUT2D eigenvalue weighted by Gasteiger charge is -2.05. The average molecular weight is 282 g/mol. The van der Waals surface area contributed by atoms with E-state index in [1.165, 1.54) is 12.3 Å². The zero-order chi connectivity index (χ0) is 14.0. The first kappa shape index (κ1) is 13.3. The summed E-state index contributed by atoms with van der Waals surface area (Å²) >= 11 is 5.70. The number of nitro groups is 1. The maximum absolute atomic E-state index is 10.9. The molecular formula is C11H12ClN5O2. The molecule has 0 saturated heterocycles. The van der Waals surface area contributed by atoms with Crippen LogP contribution in [0, 0.1) is 17.0 Å². The maximum Gasteiger partial charge on any atom is 0.312 e. The number of aromatic nitrogens is 3. The van der Waals surface area contributed by atoms with Crippen molar-refractivity contribution < 1.29 is 4.92 Å². The monoisotopic (exact) mass is 281 g/mol. The van der Waals surface area contributed by atoms with E-state index in [-0.39, 0.29) is 16.5 Å². The van der Waals surface area contributed by atoms with Gasteiger partial charge in [-0.2, -0.15) is 5.10 Å². The quantitative estimate of drug-likeness (QED) is 0.686. The van der Waals surface area contributed by atoms with Crippen LogP contribution in [0.2, 0.25) is 5.02 Å². The molecule has 0 amide bonds. The third kappa shape index (κ3) is 3.00. The van der Waals surface area contributed by atoms with Gasteiger partial charge in [-0.3, -0.25) is 14.8 Å². The summed E-state index contributed by atoms with van der Waals surface area (Å²) in [6.45, 7) is 2.29. The highest BCUT2D eigenvalue weighted by atomic mass is 35.5. The minimum absolute atomic E-state index is 0.144. The van der Waals surface area contributed by atoms with Crippen molar-refractivity contribution >= 4 is 23.1 Å². The van der Waals surface area contributed by atoms with E-state index in [9.17, 15) is 10.1 Å². The summed E-state index contributed by atoms with van der Waals surface area (Å²) in [4.78, 5) is 14.3. The van der Waals surface area contributed by atoms with Gasteiger partial charge in [0.1, 0.15) is 0 Å². The highest BCUT2D eigenvalue weighted by Gasteiger charge is 2.16. The molecule has 100 valence electrons. The number of nitrogens with zero attached hydrogens (tertiary/aromatic N) is 4. The van der Waals surface area contributed by atoms with Gasteiger partial charge in [-0.1, -0.05) is 11.6 Å². The van der Waals surface area contributed by atoms with E-state index in [0.29, 0.717) is 6.54 Å². The van der Waals surface area contributed by atoms with E-state index < -0.39 is 4.92 Å². The lowest BCUT2D eigenvalue weighted by atomic mass is 10.2. The summed E-state index contributed by atoms with van der Waals surface area (Å²) in [7, 11) is 1.82. The molecule has 19 heavy (non-hydrogen) atoms. The molecule has 1 N–H and O–H groups in total. The van der Waals surface area contributed by atoms with E-state index >= 15 is 0 Å². The number of halogens is 1. The van der Waals surface area contributed by atoms with Crippen molar-refractivity contribution in [1.82, 2.24) is 14.8 Å². The van der Waals surface area contributed by atoms with Gasteiger partial charge in [0.2, 0.25) is 5.82 Å². The lowest BCUT2D eigenvalue weighted by molar-refractivity contribution is -0.384. The molecule has 0 unspecified atom stereocenters. The van der Waals surface area contributed by atoms with Gasteiger partial charge < -0.3 is 5.32 Å². The molecule has 7 nitrogen and oxygen atoms in total. The van der Waals surface area contributed by atoms with E-state index in [1.807, 2.05) is 20.2 Å². The number of hydrogen-bond donors (Lipinski definition) is 1. The Morgan fingerprint density at radius 1 is 1.58 bits per heavy atom. The van der Waals surface area contributed by atoms with Gasteiger partial charge >= 0.3 is 5.69 Å². The Balaban J connectivity index is 2.20. The van der Waals surface area contributed by atoms with Crippen LogP contribution in [0.1, 0.15) is 11.3 Å². The van der Waals surface area contributed by atoms with E-state index in [2.05, 4.69) is 15.4 Å². The van der Waals surface area contributed by atoms with Crippen LogP contribution in [0.3, 0.4) is 0 Å². The second-order valence-corrected chi connectivity index (χ2v) is 4.48. The van der Waals surface area contributed by atoms with Gasteiger partial charge in [0, 0.05) is 37.6 Å². The fourth-order valence-electron chi connectivity index (χ4n) is 1.71. The van der Waals surface area contributed by atoms with Crippen LogP contribution >= 0.6 is 11.6 Å². The zero-order valence-electron chi connectivity index (χ0n) is 10.4. The summed E-state index contributed by atoms with van der Waals surface area (Å²) in [5.74, 6) is 0.192. The first-order chi connectivity index (χ1) is 8.97. The van der Waals surface area contributed by atoms with E-state index in [1.54, 1.807) is 4.68 Å². The van der Waals surface area contributed by atoms with Crippen molar-refractivity contribution in [2.24, 2.45) is 7.05 Å². The molecule has 0 aliphatic carbocycles. The van der Waals surface area contributed by atoms with Crippen molar-refractivity contribution in [3.05, 3.63) is 44.9 Å². The number of nitrogens with one attached hydrogen (secondary N) is 1. The van der Waals surface area contributed by atoms with Crippen molar-refractivity contribution in [2.45, 2.75) is 13.5 Å². The van der Waals surface area contributed by atoms with Crippen molar-refractivity contribution in [3.63, 3.8) is 0 Å². The molecule has 0 fully saturated rings. The number of anilines is 1. The average Bonchev–Trinajstić information content (AvgIpc) is 2.66. The topological polar surface area (TPSA) is 85.9 Å². The minimum atomic E-state index is -0.517. The highest BCUT2D eigenvalue weighted by molar-refractivity contribution is 6.30. The second-order valence-electron chi connectivity index (χ2n) is 4.05. The van der Waals surface area contributed by atoms with Gasteiger partial charge in [-0.25, -0.2) is 4.98 Å². The number of pyridine rings is 1. The Labute approximate surface area is 114 Å². The van der Waals surface area contributed by atoms with Crippen LogP contribution in [0.15, 0.2) is 18.5 Å². The summed E-state index contributed by atoms with van der Waals surface area (Å²) in [5, 5.41) is 18.3. The van der Waals surface area contributed by atoms with Gasteiger partial charge in [-0.05, 0) is 6.92 Å². The molecule has 2 rings (SSSR count). The van der Waals surface area contributed by atoms with E-state index in [0.717, 1.165) is 11.3 Å². The zero-order valence-corrected chi connectivity index (χ0v) is 11.2. The molecule has 0 spiro atoms. The fraction of sp³-hybridized carbons (Fsp3) is 0.273. The van der Waals surface area contributed by atoms with Crippen LogP contribution < -0.4 is 5.32 Å². The largest absolute Gasteiger partial charge is 0.360 e. The molecule has 0 aliphatic heterocycles. The Morgan fingerprint density at radius 2 is 2.32 bits per heavy atom. The summed E-state index contributed by atoms with van der Waals surface area (Å²) in [5.41, 5.74) is 1.68. The highest BCUT2D eigenvalue weighted by Crippen LogP contribution is 2.25. The molecule has 0 radical (unpaired) electrons. The third-order valence-corrected chi connectivity index (χ3v) is 2.80. The molecule has 2 aromatic rings. The fourth-order valence-corrected chi connectivity index (χ4v) is 1.86. The van der Waals surface area contributed by atoms with Crippen molar-refractivity contribution in [1.29, 1.82) is 0 Å². The smallest absolute Gasteiger partial charge is 0.312 e. The molecule has 2 aromatic heterocycles. The van der Waals surface area contributed by atoms with Crippen LogP contribution in [-0.2, 0) is 13.6 Å². The molecule has 0 aromatic carbocycles. The SMILES string of the molecule is Cc1nn(C)cc1CNc1ncc(Cl)cc1[N+](=O)[O-]. The predicted molar refractivity (Wildman–Crippen MR) is 71.2 cm³/mol. The van der Waals surface area contributed by atoms with E-state index in [4.69, 9.17) is 11.6 Å². The standard InChI is InChI=1S/C11H12ClN5O2/c1-7-8(6-16(2)15-7)4-13-11-10(17(18)19)3-9(12)5-14-11/h3,5-6H,4H2,1-2H3,(H,13,14). The number of aryl methyl sites for hydroxylation is 2. The van der Waals surface area contributed by atoms with Crippen molar-refractivity contribution in [3.8, 4) is 0 Å². The Kier molecular flexibility index (Phi) is 3.66. The Morgan fingerprint density at radius 3 is 2.89 bits per heavy atom. The van der Waals surface area contributed by atoms with Crippen LogP contribution in [0.4, 0.5) is 11.5 Å². The Bertz CT molecular complexity index is 626. The first-order valence-electron chi connectivity index (χ1n) is 5.50. The van der Waals surface area contributed by atoms with Crippen LogP contribution in [-0.4, -0.2) is 19.7 Å². The lowest BCUT2D eigenvalue weighted by Crippen LogP contribution is -2.05. The second kappa shape index (κ2) is 5.23. The first-order valence-corrected chi connectivity index (χ1v) is 5.88. The summed E-state index contributed by atoms with van der Waals surface area (Å²) in [6, 6.07) is 1.27. The summed E-state index contributed by atoms with van der Waals surface area (Å²) < 4.78 is 1.69. The van der Waals surface area contributed by atoms with Gasteiger partial charge in [0.15, 0.2) is 0 Å². The third-order valence-electron chi connectivity index (χ3n) is 2.59. The Hall–Kier alpha value is -2.15. The van der Waals surface area contributed by atoms with Gasteiger partial charge in [0.05, 0.1) is 15.6 Å². The molecule has 0 saturated carbocycles. The summed E-state index contributed by atoms with van der Waals surface area (Å²) in [6.07, 6.45) is 3.22. The number of hydrogen-bond acceptors (Lipinski definition) is 5. The predicted octanol–water partition coefficient (Wildman–Crippen LogP) is 2.30. The van der Waals surface area contributed by atoms with Crippen LogP contribution in [0.5, 0.6) is 0 Å². The molecule has 0 atom stereocenters. The molecule has 2 heterocycles. The van der Waals surface area contributed by atoms with Crippen molar-refractivity contribution in [2.75, 3.05) is 5.32 Å². The molecule has 8 heteroatoms. The van der Waals surface area contributed by atoms with Gasteiger partial charge in [0.25, 0.3) is 0 Å².